The van der Waals surface area contributed by atoms with Crippen molar-refractivity contribution >= 4 is 21.1 Å². The minimum absolute atomic E-state index is 0.116. The summed E-state index contributed by atoms with van der Waals surface area (Å²) < 4.78 is 31.2. The fourth-order valence-electron chi connectivity index (χ4n) is 1.81. The van der Waals surface area contributed by atoms with Crippen molar-refractivity contribution in [2.75, 3.05) is 13.6 Å². The van der Waals surface area contributed by atoms with Crippen LogP contribution in [0.25, 0.3) is 11.1 Å². The molecule has 0 aromatic carbocycles. The number of hydrogen-bond donors (Lipinski definition) is 1. The molecule has 0 bridgehead atoms. The Hall–Kier alpha value is -1.51. The summed E-state index contributed by atoms with van der Waals surface area (Å²) in [6, 6.07) is 1.26. The van der Waals surface area contributed by atoms with Crippen LogP contribution < -0.4 is 5.73 Å². The smallest absolute Gasteiger partial charge is 0.258 e. The molecule has 2 rings (SSSR count). The summed E-state index contributed by atoms with van der Waals surface area (Å²) in [4.78, 5) is 4.13. The quantitative estimate of drug-likeness (QED) is 0.874. The summed E-state index contributed by atoms with van der Waals surface area (Å²) in [6.45, 7) is 3.92. The van der Waals surface area contributed by atoms with Gasteiger partial charge in [-0.15, -0.1) is 0 Å². The molecule has 2 aromatic heterocycles. The van der Waals surface area contributed by atoms with Crippen LogP contribution in [0, 0.1) is 0 Å². The van der Waals surface area contributed by atoms with E-state index in [1.165, 1.54) is 17.5 Å². The number of rotatable bonds is 5. The van der Waals surface area contributed by atoms with Crippen LogP contribution in [0.5, 0.6) is 0 Å². The molecule has 20 heavy (non-hydrogen) atoms. The molecule has 0 aliphatic rings. The van der Waals surface area contributed by atoms with Crippen molar-refractivity contribution in [1.29, 1.82) is 0 Å². The molecular weight excluding hydrogens is 280 g/mol. The van der Waals surface area contributed by atoms with Crippen molar-refractivity contribution in [3.8, 4) is 0 Å². The third kappa shape index (κ3) is 2.41. The number of pyridine rings is 1. The normalized spacial score (nSPS) is 14.1. The molecule has 0 radical (unpaired) electrons. The maximum absolute atomic E-state index is 12.5. The van der Waals surface area contributed by atoms with E-state index in [9.17, 15) is 8.42 Å². The number of nitrogens with zero attached hydrogens (tertiary/aromatic N) is 3. The van der Waals surface area contributed by atoms with Crippen molar-refractivity contribution in [2.45, 2.75) is 31.2 Å². The van der Waals surface area contributed by atoms with Gasteiger partial charge in [-0.2, -0.15) is 4.31 Å². The number of aryl methyl sites for hydroxylation is 1. The summed E-state index contributed by atoms with van der Waals surface area (Å²) >= 11 is 0. The first kappa shape index (κ1) is 14.9. The van der Waals surface area contributed by atoms with E-state index in [0.717, 1.165) is 0 Å². The van der Waals surface area contributed by atoms with Crippen molar-refractivity contribution in [3.63, 3.8) is 0 Å². The molecule has 0 saturated carbocycles. The van der Waals surface area contributed by atoms with Crippen molar-refractivity contribution < 1.29 is 12.9 Å². The lowest BCUT2D eigenvalue weighted by atomic mass is 10.2. The molecule has 2 N–H and O–H groups in total. The highest BCUT2D eigenvalue weighted by Crippen LogP contribution is 2.23. The van der Waals surface area contributed by atoms with Gasteiger partial charge in [0.25, 0.3) is 5.71 Å². The maximum atomic E-state index is 12.5. The van der Waals surface area contributed by atoms with Gasteiger partial charge in [-0.05, 0) is 19.4 Å². The van der Waals surface area contributed by atoms with Crippen molar-refractivity contribution in [2.24, 2.45) is 5.73 Å². The maximum Gasteiger partial charge on any atom is 0.258 e. The lowest BCUT2D eigenvalue weighted by Gasteiger charge is -2.22. The molecule has 2 aromatic rings. The topological polar surface area (TPSA) is 102 Å². The Bertz CT molecular complexity index is 711. The summed E-state index contributed by atoms with van der Waals surface area (Å²) in [7, 11) is -2.12. The van der Waals surface area contributed by atoms with Crippen LogP contribution in [0.15, 0.2) is 21.7 Å². The van der Waals surface area contributed by atoms with Gasteiger partial charge in [-0.25, -0.2) is 13.4 Å². The zero-order chi connectivity index (χ0) is 14.9. The van der Waals surface area contributed by atoms with Gasteiger partial charge in [0.1, 0.15) is 4.90 Å². The van der Waals surface area contributed by atoms with Gasteiger partial charge < -0.3 is 10.3 Å². The van der Waals surface area contributed by atoms with Crippen molar-refractivity contribution in [3.05, 3.63) is 18.0 Å². The van der Waals surface area contributed by atoms with Gasteiger partial charge in [-0.3, -0.25) is 0 Å². The van der Waals surface area contributed by atoms with E-state index in [-0.39, 0.29) is 17.5 Å². The molecule has 7 nitrogen and oxygen atoms in total. The van der Waals surface area contributed by atoms with E-state index in [4.69, 9.17) is 10.3 Å². The van der Waals surface area contributed by atoms with E-state index in [0.29, 0.717) is 23.2 Å². The summed E-state index contributed by atoms with van der Waals surface area (Å²) in [5.41, 5.74) is 6.56. The van der Waals surface area contributed by atoms with Gasteiger partial charge in [0.15, 0.2) is 0 Å². The third-order valence-corrected chi connectivity index (χ3v) is 5.29. The molecule has 110 valence electrons. The van der Waals surface area contributed by atoms with Gasteiger partial charge in [0, 0.05) is 19.6 Å². The fraction of sp³-hybridized carbons (Fsp3) is 0.500. The minimum Gasteiger partial charge on any atom is -0.336 e. The first-order valence-electron chi connectivity index (χ1n) is 6.34. The molecule has 2 heterocycles. The predicted molar refractivity (Wildman–Crippen MR) is 74.6 cm³/mol. The van der Waals surface area contributed by atoms with Gasteiger partial charge in [0.05, 0.1) is 17.3 Å². The first-order chi connectivity index (χ1) is 9.41. The Balaban J connectivity index is 2.51. The summed E-state index contributed by atoms with van der Waals surface area (Å²) in [5, 5.41) is 4.49. The molecule has 0 aliphatic carbocycles. The molecular formula is C12H18N4O3S. The number of aromatic nitrogens is 2. The first-order valence-corrected chi connectivity index (χ1v) is 7.78. The van der Waals surface area contributed by atoms with Crippen LogP contribution in [0.1, 0.15) is 19.5 Å². The second-order valence-electron chi connectivity index (χ2n) is 4.61. The molecule has 8 heteroatoms. The third-order valence-electron chi connectivity index (χ3n) is 3.35. The Labute approximate surface area is 117 Å². The average molecular weight is 298 g/mol. The SMILES string of the molecule is CCc1noc2ncc(S(=O)(=O)N(C)[C@@H](C)CN)cc12. The standard InChI is InChI=1S/C12H18N4O3S/c1-4-11-10-5-9(7-14-12(10)19-15-11)20(17,18)16(3)8(2)6-13/h5,7-8H,4,6,13H2,1-3H3/t8-/m0/s1. The zero-order valence-electron chi connectivity index (χ0n) is 11.7. The molecule has 0 unspecified atom stereocenters. The molecule has 0 aliphatic heterocycles. The molecule has 0 spiro atoms. The van der Waals surface area contributed by atoms with E-state index < -0.39 is 10.0 Å². The lowest BCUT2D eigenvalue weighted by Crippen LogP contribution is -2.39. The highest BCUT2D eigenvalue weighted by Gasteiger charge is 2.26. The Morgan fingerprint density at radius 1 is 1.50 bits per heavy atom. The van der Waals surface area contributed by atoms with E-state index in [1.54, 1.807) is 13.0 Å². The van der Waals surface area contributed by atoms with Crippen LogP contribution in [0.3, 0.4) is 0 Å². The second kappa shape index (κ2) is 5.47. The van der Waals surface area contributed by atoms with Gasteiger partial charge in [0.2, 0.25) is 10.0 Å². The molecule has 1 atom stereocenters. The van der Waals surface area contributed by atoms with Crippen LogP contribution in [-0.2, 0) is 16.4 Å². The number of nitrogens with two attached hydrogens (primary N) is 1. The van der Waals surface area contributed by atoms with Crippen molar-refractivity contribution in [1.82, 2.24) is 14.4 Å². The molecule has 0 fully saturated rings. The average Bonchev–Trinajstić information content (AvgIpc) is 2.87. The fourth-order valence-corrected chi connectivity index (χ4v) is 3.15. The summed E-state index contributed by atoms with van der Waals surface area (Å²) in [5.74, 6) is 0. The second-order valence-corrected chi connectivity index (χ2v) is 6.61. The number of sulfonamides is 1. The predicted octanol–water partition coefficient (Wildman–Crippen LogP) is 0.753. The minimum atomic E-state index is -3.62. The van der Waals surface area contributed by atoms with Crippen LogP contribution >= 0.6 is 0 Å². The highest BCUT2D eigenvalue weighted by atomic mass is 32.2. The zero-order valence-corrected chi connectivity index (χ0v) is 12.5. The largest absolute Gasteiger partial charge is 0.336 e. The van der Waals surface area contributed by atoms with Crippen LogP contribution in [0.2, 0.25) is 0 Å². The van der Waals surface area contributed by atoms with Gasteiger partial charge in [-0.1, -0.05) is 12.1 Å². The number of hydrogen-bond acceptors (Lipinski definition) is 6. The summed E-state index contributed by atoms with van der Waals surface area (Å²) in [6.07, 6.45) is 1.93. The molecule has 0 amide bonds. The van der Waals surface area contributed by atoms with E-state index in [2.05, 4.69) is 10.1 Å². The van der Waals surface area contributed by atoms with Crippen LogP contribution in [-0.4, -0.2) is 42.5 Å². The lowest BCUT2D eigenvalue weighted by molar-refractivity contribution is 0.394. The van der Waals surface area contributed by atoms with Gasteiger partial charge >= 0.3 is 0 Å². The Morgan fingerprint density at radius 2 is 2.20 bits per heavy atom. The Morgan fingerprint density at radius 3 is 2.80 bits per heavy atom. The van der Waals surface area contributed by atoms with E-state index >= 15 is 0 Å². The monoisotopic (exact) mass is 298 g/mol. The van der Waals surface area contributed by atoms with Crippen LogP contribution in [0.4, 0.5) is 0 Å². The highest BCUT2D eigenvalue weighted by molar-refractivity contribution is 7.89. The molecule has 0 saturated heterocycles. The number of fused-ring (bicyclic) bond motifs is 1. The Kier molecular flexibility index (Phi) is 4.07. The number of likely N-dealkylation sites (N-methyl/N-ethyl adjacent to an activating group) is 1. The van der Waals surface area contributed by atoms with E-state index in [1.807, 2.05) is 6.92 Å².